The highest BCUT2D eigenvalue weighted by molar-refractivity contribution is 7.90. The number of aromatic nitrogens is 4. The predicted octanol–water partition coefficient (Wildman–Crippen LogP) is 1.94. The third kappa shape index (κ3) is 2.55. The van der Waals surface area contributed by atoms with Gasteiger partial charge in [-0.3, -0.25) is 0 Å². The first-order chi connectivity index (χ1) is 10.1. The fraction of sp³-hybridized carbons (Fsp3) is 0.0714. The standard InChI is InChI=1S/C14H12N4O2S/c1-21(19,20)12-9-5-8-11(10-6-3-2-4-7-10)13(12)14-15-17-18-16-14/h2-9H,1H3,(H,15,16,17,18). The van der Waals surface area contributed by atoms with Gasteiger partial charge in [-0.2, -0.15) is 5.21 Å². The summed E-state index contributed by atoms with van der Waals surface area (Å²) in [5, 5.41) is 13.8. The van der Waals surface area contributed by atoms with E-state index in [4.69, 9.17) is 0 Å². The summed E-state index contributed by atoms with van der Waals surface area (Å²) in [6, 6.07) is 14.6. The van der Waals surface area contributed by atoms with Crippen LogP contribution < -0.4 is 0 Å². The van der Waals surface area contributed by atoms with Gasteiger partial charge >= 0.3 is 0 Å². The quantitative estimate of drug-likeness (QED) is 0.798. The molecule has 0 spiro atoms. The van der Waals surface area contributed by atoms with Crippen LogP contribution in [0.1, 0.15) is 0 Å². The van der Waals surface area contributed by atoms with Crippen molar-refractivity contribution < 1.29 is 8.42 Å². The Kier molecular flexibility index (Phi) is 3.26. The second kappa shape index (κ2) is 5.10. The number of aromatic amines is 1. The van der Waals surface area contributed by atoms with Crippen LogP contribution in [0, 0.1) is 0 Å². The number of H-pyrrole nitrogens is 1. The highest BCUT2D eigenvalue weighted by atomic mass is 32.2. The topological polar surface area (TPSA) is 88.6 Å². The summed E-state index contributed by atoms with van der Waals surface area (Å²) in [5.41, 5.74) is 2.10. The van der Waals surface area contributed by atoms with Crippen LogP contribution in [0.15, 0.2) is 53.4 Å². The Hall–Kier alpha value is -2.54. The number of hydrogen-bond donors (Lipinski definition) is 1. The van der Waals surface area contributed by atoms with E-state index in [1.54, 1.807) is 12.1 Å². The first-order valence-electron chi connectivity index (χ1n) is 6.19. The monoisotopic (exact) mass is 300 g/mol. The Bertz CT molecular complexity index is 859. The van der Waals surface area contributed by atoms with Gasteiger partial charge in [0.05, 0.1) is 4.90 Å². The Morgan fingerprint density at radius 1 is 1.00 bits per heavy atom. The number of nitrogens with one attached hydrogen (secondary N) is 1. The zero-order valence-electron chi connectivity index (χ0n) is 11.2. The number of benzene rings is 2. The first kappa shape index (κ1) is 13.4. The van der Waals surface area contributed by atoms with Gasteiger partial charge < -0.3 is 0 Å². The minimum atomic E-state index is -3.41. The average molecular weight is 300 g/mol. The van der Waals surface area contributed by atoms with E-state index < -0.39 is 9.84 Å². The molecule has 0 saturated heterocycles. The fourth-order valence-electron chi connectivity index (χ4n) is 2.20. The average Bonchev–Trinajstić information content (AvgIpc) is 3.00. The molecule has 1 aromatic heterocycles. The van der Waals surface area contributed by atoms with E-state index in [2.05, 4.69) is 20.6 Å². The molecule has 0 aliphatic heterocycles. The summed E-state index contributed by atoms with van der Waals surface area (Å²) < 4.78 is 24.1. The Labute approximate surface area is 121 Å². The minimum Gasteiger partial charge on any atom is -0.224 e. The first-order valence-corrected chi connectivity index (χ1v) is 8.09. The summed E-state index contributed by atoms with van der Waals surface area (Å²) in [5.74, 6) is 0.259. The molecular formula is C14H12N4O2S. The zero-order valence-corrected chi connectivity index (χ0v) is 12.0. The third-order valence-corrected chi connectivity index (χ3v) is 4.22. The maximum absolute atomic E-state index is 12.0. The third-order valence-electron chi connectivity index (χ3n) is 3.08. The van der Waals surface area contributed by atoms with E-state index in [1.807, 2.05) is 36.4 Å². The number of sulfone groups is 1. The minimum absolute atomic E-state index is 0.185. The lowest BCUT2D eigenvalue weighted by atomic mass is 9.99. The molecule has 21 heavy (non-hydrogen) atoms. The second-order valence-electron chi connectivity index (χ2n) is 4.55. The van der Waals surface area contributed by atoms with Crippen LogP contribution in [-0.2, 0) is 9.84 Å². The van der Waals surface area contributed by atoms with E-state index in [0.29, 0.717) is 5.56 Å². The van der Waals surface area contributed by atoms with E-state index >= 15 is 0 Å². The van der Waals surface area contributed by atoms with E-state index in [0.717, 1.165) is 11.1 Å². The highest BCUT2D eigenvalue weighted by Crippen LogP contribution is 2.34. The van der Waals surface area contributed by atoms with Crippen molar-refractivity contribution in [2.75, 3.05) is 6.26 Å². The van der Waals surface area contributed by atoms with Crippen molar-refractivity contribution in [2.24, 2.45) is 0 Å². The van der Waals surface area contributed by atoms with E-state index in [-0.39, 0.29) is 10.7 Å². The van der Waals surface area contributed by atoms with Gasteiger partial charge in [-0.05, 0) is 22.4 Å². The van der Waals surface area contributed by atoms with Crippen LogP contribution in [0.2, 0.25) is 0 Å². The molecule has 7 heteroatoms. The fourth-order valence-corrected chi connectivity index (χ4v) is 3.09. The summed E-state index contributed by atoms with van der Waals surface area (Å²) in [6.07, 6.45) is 1.17. The van der Waals surface area contributed by atoms with Crippen molar-refractivity contribution in [3.05, 3.63) is 48.5 Å². The molecule has 0 amide bonds. The molecule has 0 bridgehead atoms. The van der Waals surface area contributed by atoms with Gasteiger partial charge in [-0.25, -0.2) is 8.42 Å². The molecule has 2 aromatic carbocycles. The van der Waals surface area contributed by atoms with E-state index in [1.165, 1.54) is 6.26 Å². The molecule has 0 radical (unpaired) electrons. The van der Waals surface area contributed by atoms with Crippen molar-refractivity contribution in [2.45, 2.75) is 4.90 Å². The normalized spacial score (nSPS) is 11.5. The molecule has 3 aromatic rings. The molecular weight excluding hydrogens is 288 g/mol. The van der Waals surface area contributed by atoms with Crippen molar-refractivity contribution in [1.29, 1.82) is 0 Å². The molecule has 0 fully saturated rings. The molecule has 0 aliphatic rings. The zero-order chi connectivity index (χ0) is 14.9. The van der Waals surface area contributed by atoms with Crippen LogP contribution in [0.3, 0.4) is 0 Å². The smallest absolute Gasteiger partial charge is 0.206 e. The maximum atomic E-state index is 12.0. The molecule has 3 rings (SSSR count). The predicted molar refractivity (Wildman–Crippen MR) is 78.2 cm³/mol. The Balaban J connectivity index is 2.36. The number of rotatable bonds is 3. The lowest BCUT2D eigenvalue weighted by Crippen LogP contribution is -2.02. The molecule has 6 nitrogen and oxygen atoms in total. The summed E-state index contributed by atoms with van der Waals surface area (Å²) in [7, 11) is -3.41. The highest BCUT2D eigenvalue weighted by Gasteiger charge is 2.21. The number of tetrazole rings is 1. The van der Waals surface area contributed by atoms with Crippen LogP contribution in [0.5, 0.6) is 0 Å². The largest absolute Gasteiger partial charge is 0.224 e. The molecule has 1 N–H and O–H groups in total. The molecule has 106 valence electrons. The van der Waals surface area contributed by atoms with Crippen LogP contribution >= 0.6 is 0 Å². The van der Waals surface area contributed by atoms with Crippen molar-refractivity contribution >= 4 is 9.84 Å². The van der Waals surface area contributed by atoms with Gasteiger partial charge in [-0.15, -0.1) is 10.2 Å². The molecule has 0 saturated carbocycles. The van der Waals surface area contributed by atoms with Gasteiger partial charge in [0, 0.05) is 11.8 Å². The van der Waals surface area contributed by atoms with Crippen LogP contribution in [-0.4, -0.2) is 35.3 Å². The van der Waals surface area contributed by atoms with Crippen LogP contribution in [0.4, 0.5) is 0 Å². The second-order valence-corrected chi connectivity index (χ2v) is 6.54. The SMILES string of the molecule is CS(=O)(=O)c1cccc(-c2ccccc2)c1-c1nn[nH]n1. The maximum Gasteiger partial charge on any atom is 0.206 e. The molecule has 0 unspecified atom stereocenters. The number of hydrogen-bond acceptors (Lipinski definition) is 5. The Morgan fingerprint density at radius 2 is 1.76 bits per heavy atom. The molecule has 0 aliphatic carbocycles. The summed E-state index contributed by atoms with van der Waals surface area (Å²) in [6.45, 7) is 0. The van der Waals surface area contributed by atoms with E-state index in [9.17, 15) is 8.42 Å². The van der Waals surface area contributed by atoms with Gasteiger partial charge in [0.25, 0.3) is 0 Å². The molecule has 1 heterocycles. The van der Waals surface area contributed by atoms with Crippen molar-refractivity contribution in [3.63, 3.8) is 0 Å². The van der Waals surface area contributed by atoms with Gasteiger partial charge in [-0.1, -0.05) is 42.5 Å². The Morgan fingerprint density at radius 3 is 2.38 bits per heavy atom. The van der Waals surface area contributed by atoms with Gasteiger partial charge in [0.15, 0.2) is 9.84 Å². The van der Waals surface area contributed by atoms with Gasteiger partial charge in [0.1, 0.15) is 0 Å². The van der Waals surface area contributed by atoms with Crippen molar-refractivity contribution in [3.8, 4) is 22.5 Å². The summed E-state index contributed by atoms with van der Waals surface area (Å²) >= 11 is 0. The van der Waals surface area contributed by atoms with Crippen LogP contribution in [0.25, 0.3) is 22.5 Å². The van der Waals surface area contributed by atoms with Gasteiger partial charge in [0.2, 0.25) is 5.82 Å². The summed E-state index contributed by atoms with van der Waals surface area (Å²) in [4.78, 5) is 0.185. The molecule has 0 atom stereocenters. The number of nitrogens with zero attached hydrogens (tertiary/aromatic N) is 3. The lowest BCUT2D eigenvalue weighted by Gasteiger charge is -2.11. The van der Waals surface area contributed by atoms with Crippen molar-refractivity contribution in [1.82, 2.24) is 20.6 Å². The lowest BCUT2D eigenvalue weighted by molar-refractivity contribution is 0.602.